The van der Waals surface area contributed by atoms with Crippen LogP contribution in [-0.2, 0) is 12.3 Å². The minimum absolute atomic E-state index is 0.419. The van der Waals surface area contributed by atoms with Crippen LogP contribution in [0.15, 0.2) is 28.6 Å². The zero-order chi connectivity index (χ0) is 17.2. The Morgan fingerprint density at radius 2 is 2.12 bits per heavy atom. The predicted octanol–water partition coefficient (Wildman–Crippen LogP) is 2.38. The molecular formula is C16H26N4O3S. The molecule has 8 heteroatoms. The first-order valence-corrected chi connectivity index (χ1v) is 9.47. The van der Waals surface area contributed by atoms with Crippen LogP contribution in [0.5, 0.6) is 0 Å². The molecule has 0 aliphatic carbocycles. The van der Waals surface area contributed by atoms with E-state index in [0.29, 0.717) is 12.4 Å². The maximum Gasteiger partial charge on any atom is 0.274 e. The zero-order valence-electron chi connectivity index (χ0n) is 14.1. The number of rotatable bonds is 10. The summed E-state index contributed by atoms with van der Waals surface area (Å²) < 4.78 is 5.89. The van der Waals surface area contributed by atoms with Crippen LogP contribution >= 0.6 is 11.8 Å². The molecule has 1 aromatic heterocycles. The fourth-order valence-corrected chi connectivity index (χ4v) is 3.40. The fraction of sp³-hybridized carbons (Fsp3) is 0.625. The van der Waals surface area contributed by atoms with Crippen LogP contribution in [0.4, 0.5) is 0 Å². The number of hydrogen-bond acceptors (Lipinski definition) is 7. The Morgan fingerprint density at radius 1 is 1.38 bits per heavy atom. The number of furan rings is 1. The summed E-state index contributed by atoms with van der Waals surface area (Å²) in [4.78, 5) is 12.4. The van der Waals surface area contributed by atoms with Crippen molar-refractivity contribution in [1.82, 2.24) is 15.5 Å². The van der Waals surface area contributed by atoms with Gasteiger partial charge in [-0.3, -0.25) is 15.0 Å². The van der Waals surface area contributed by atoms with Crippen LogP contribution < -0.4 is 10.6 Å². The van der Waals surface area contributed by atoms with Crippen molar-refractivity contribution in [1.29, 1.82) is 0 Å². The highest BCUT2D eigenvalue weighted by atomic mass is 32.2. The Balaban J connectivity index is 1.63. The summed E-state index contributed by atoms with van der Waals surface area (Å²) in [5.74, 6) is 4.11. The van der Waals surface area contributed by atoms with Crippen LogP contribution in [0.2, 0.25) is 0 Å². The summed E-state index contributed by atoms with van der Waals surface area (Å²) >= 11 is 1.74. The van der Waals surface area contributed by atoms with Crippen LogP contribution in [-0.4, -0.2) is 42.3 Å². The van der Waals surface area contributed by atoms with Gasteiger partial charge in [0.25, 0.3) is 6.20 Å². The molecule has 2 rings (SSSR count). The lowest BCUT2D eigenvalue weighted by molar-refractivity contribution is -0.404. The lowest BCUT2D eigenvalue weighted by Crippen LogP contribution is -2.28. The molecule has 1 fully saturated rings. The molecule has 0 amide bonds. The second-order valence-electron chi connectivity index (χ2n) is 5.76. The lowest BCUT2D eigenvalue weighted by atomic mass is 10.1. The smallest absolute Gasteiger partial charge is 0.274 e. The number of hydrogen-bond donors (Lipinski definition) is 2. The molecule has 1 aliphatic rings. The van der Waals surface area contributed by atoms with Gasteiger partial charge in [-0.25, -0.2) is 0 Å². The second-order valence-corrected chi connectivity index (χ2v) is 6.87. The molecule has 2 N–H and O–H groups in total. The van der Waals surface area contributed by atoms with Gasteiger partial charge in [-0.2, -0.15) is 11.8 Å². The topological polar surface area (TPSA) is 83.6 Å². The molecule has 0 unspecified atom stereocenters. The first-order valence-electron chi connectivity index (χ1n) is 8.32. The van der Waals surface area contributed by atoms with Gasteiger partial charge in [0.15, 0.2) is 5.82 Å². The first kappa shape index (κ1) is 18.7. The highest BCUT2D eigenvalue weighted by molar-refractivity contribution is 7.98. The van der Waals surface area contributed by atoms with Crippen molar-refractivity contribution in [3.63, 3.8) is 0 Å². The van der Waals surface area contributed by atoms with Gasteiger partial charge >= 0.3 is 0 Å². The Hall–Kier alpha value is -1.67. The standard InChI is InChI=1S/C16H26N4O3S/c1-17-16(12-20(21)22)18-7-10-24-13-15-6-5-14(23-15)11-19-8-3-2-4-9-19/h5-6,12,17-18H,2-4,7-11,13H2,1H3. The summed E-state index contributed by atoms with van der Waals surface area (Å²) in [6.07, 6.45) is 4.85. The number of thioether (sulfide) groups is 1. The van der Waals surface area contributed by atoms with E-state index in [1.807, 2.05) is 6.07 Å². The highest BCUT2D eigenvalue weighted by Crippen LogP contribution is 2.18. The lowest BCUT2D eigenvalue weighted by Gasteiger charge is -2.25. The van der Waals surface area contributed by atoms with E-state index in [2.05, 4.69) is 21.6 Å². The molecule has 2 heterocycles. The van der Waals surface area contributed by atoms with Gasteiger partial charge in [0.1, 0.15) is 11.5 Å². The molecule has 0 radical (unpaired) electrons. The Bertz CT molecular complexity index is 541. The van der Waals surface area contributed by atoms with Crippen molar-refractivity contribution in [3.8, 4) is 0 Å². The van der Waals surface area contributed by atoms with E-state index in [0.717, 1.165) is 35.8 Å². The van der Waals surface area contributed by atoms with Crippen LogP contribution in [0.3, 0.4) is 0 Å². The molecule has 0 bridgehead atoms. The van der Waals surface area contributed by atoms with E-state index in [1.54, 1.807) is 18.8 Å². The predicted molar refractivity (Wildman–Crippen MR) is 96.1 cm³/mol. The SMILES string of the molecule is CNC(=C[N+](=O)[O-])NCCSCc1ccc(CN2CCCCC2)o1. The fourth-order valence-electron chi connectivity index (χ4n) is 2.66. The number of nitrogens with one attached hydrogen (secondary N) is 2. The van der Waals surface area contributed by atoms with Gasteiger partial charge in [0.2, 0.25) is 0 Å². The molecule has 24 heavy (non-hydrogen) atoms. The van der Waals surface area contributed by atoms with Crippen molar-refractivity contribution >= 4 is 11.8 Å². The normalized spacial score (nSPS) is 16.1. The molecule has 1 aliphatic heterocycles. The van der Waals surface area contributed by atoms with E-state index in [1.165, 1.54) is 32.4 Å². The number of nitrogens with zero attached hydrogens (tertiary/aromatic N) is 2. The monoisotopic (exact) mass is 354 g/mol. The number of nitro groups is 1. The largest absolute Gasteiger partial charge is 0.464 e. The number of piperidine rings is 1. The molecule has 7 nitrogen and oxygen atoms in total. The zero-order valence-corrected chi connectivity index (χ0v) is 14.9. The highest BCUT2D eigenvalue weighted by Gasteiger charge is 2.12. The summed E-state index contributed by atoms with van der Waals surface area (Å²) in [6.45, 7) is 3.90. The maximum atomic E-state index is 10.4. The van der Waals surface area contributed by atoms with Crippen molar-refractivity contribution in [2.75, 3.05) is 32.4 Å². The van der Waals surface area contributed by atoms with Crippen molar-refractivity contribution in [2.45, 2.75) is 31.6 Å². The third kappa shape index (κ3) is 6.84. The minimum atomic E-state index is -0.474. The van der Waals surface area contributed by atoms with Gasteiger partial charge in [0.05, 0.1) is 17.2 Å². The molecule has 1 aromatic rings. The molecule has 1 saturated heterocycles. The molecule has 0 spiro atoms. The van der Waals surface area contributed by atoms with Crippen LogP contribution in [0, 0.1) is 10.1 Å². The van der Waals surface area contributed by atoms with Gasteiger partial charge in [-0.1, -0.05) is 6.42 Å². The maximum absolute atomic E-state index is 10.4. The molecule has 0 saturated carbocycles. The van der Waals surface area contributed by atoms with Crippen LogP contribution in [0.25, 0.3) is 0 Å². The Morgan fingerprint density at radius 3 is 2.83 bits per heavy atom. The van der Waals surface area contributed by atoms with E-state index < -0.39 is 4.92 Å². The Kier molecular flexibility index (Phi) is 7.97. The third-order valence-corrected chi connectivity index (χ3v) is 4.84. The first-order chi connectivity index (χ1) is 11.7. The van der Waals surface area contributed by atoms with Gasteiger partial charge < -0.3 is 15.1 Å². The number of likely N-dealkylation sites (tertiary alicyclic amines) is 1. The van der Waals surface area contributed by atoms with E-state index in [9.17, 15) is 10.1 Å². The van der Waals surface area contributed by atoms with E-state index >= 15 is 0 Å². The summed E-state index contributed by atoms with van der Waals surface area (Å²) in [5, 5.41) is 16.2. The van der Waals surface area contributed by atoms with Gasteiger partial charge in [-0.05, 0) is 38.1 Å². The average molecular weight is 354 g/mol. The Labute approximate surface area is 147 Å². The van der Waals surface area contributed by atoms with E-state index in [4.69, 9.17) is 4.42 Å². The molecular weight excluding hydrogens is 328 g/mol. The van der Waals surface area contributed by atoms with Crippen molar-refractivity contribution in [2.24, 2.45) is 0 Å². The average Bonchev–Trinajstić information content (AvgIpc) is 3.01. The van der Waals surface area contributed by atoms with Crippen molar-refractivity contribution < 1.29 is 9.34 Å². The second kappa shape index (κ2) is 10.2. The van der Waals surface area contributed by atoms with Gasteiger partial charge in [0, 0.05) is 19.3 Å². The quantitative estimate of drug-likeness (QED) is 0.379. The molecule has 134 valence electrons. The van der Waals surface area contributed by atoms with Crippen molar-refractivity contribution in [3.05, 3.63) is 45.8 Å². The minimum Gasteiger partial charge on any atom is -0.464 e. The molecule has 0 atom stereocenters. The van der Waals surface area contributed by atoms with Crippen LogP contribution in [0.1, 0.15) is 30.8 Å². The third-order valence-electron chi connectivity index (χ3n) is 3.86. The van der Waals surface area contributed by atoms with E-state index in [-0.39, 0.29) is 0 Å². The summed E-state index contributed by atoms with van der Waals surface area (Å²) in [7, 11) is 1.65. The van der Waals surface area contributed by atoms with Gasteiger partial charge in [-0.15, -0.1) is 0 Å². The summed E-state index contributed by atoms with van der Waals surface area (Å²) in [6, 6.07) is 4.12. The summed E-state index contributed by atoms with van der Waals surface area (Å²) in [5.41, 5.74) is 0. The molecule has 0 aromatic carbocycles.